The van der Waals surface area contributed by atoms with Crippen LogP contribution in [0.3, 0.4) is 0 Å². The zero-order valence-corrected chi connectivity index (χ0v) is 30.2. The summed E-state index contributed by atoms with van der Waals surface area (Å²) in [6.07, 6.45) is 0. The summed E-state index contributed by atoms with van der Waals surface area (Å²) in [7, 11) is 0. The second-order valence-electron chi connectivity index (χ2n) is 14.4. The Morgan fingerprint density at radius 1 is 0.255 bits per heavy atom. The van der Waals surface area contributed by atoms with Crippen LogP contribution in [-0.2, 0) is 0 Å². The van der Waals surface area contributed by atoms with Crippen LogP contribution in [0.1, 0.15) is 0 Å². The smallest absolute Gasteiger partial charge is 0.0547 e. The summed E-state index contributed by atoms with van der Waals surface area (Å²) in [4.78, 5) is 0. The first-order chi connectivity index (χ1) is 27.3. The van der Waals surface area contributed by atoms with Gasteiger partial charge in [0.2, 0.25) is 0 Å². The van der Waals surface area contributed by atoms with Crippen molar-refractivity contribution in [1.82, 2.24) is 4.57 Å². The summed E-state index contributed by atoms with van der Waals surface area (Å²) in [5.74, 6) is 0. The second kappa shape index (κ2) is 12.7. The molecule has 1 nitrogen and oxygen atoms in total. The van der Waals surface area contributed by atoms with Gasteiger partial charge in [0, 0.05) is 16.5 Å². The summed E-state index contributed by atoms with van der Waals surface area (Å²) < 4.78 is 2.41. The van der Waals surface area contributed by atoms with Crippen molar-refractivity contribution in [2.75, 3.05) is 0 Å². The van der Waals surface area contributed by atoms with Crippen LogP contribution in [0, 0.1) is 0 Å². The highest BCUT2D eigenvalue weighted by atomic mass is 15.0. The lowest BCUT2D eigenvalue weighted by Gasteiger charge is -2.22. The lowest BCUT2D eigenvalue weighted by molar-refractivity contribution is 1.18. The number of benzene rings is 10. The molecule has 0 N–H and O–H groups in total. The van der Waals surface area contributed by atoms with Crippen LogP contribution < -0.4 is 0 Å². The maximum atomic E-state index is 2.41. The van der Waals surface area contributed by atoms with Crippen LogP contribution in [-0.4, -0.2) is 4.57 Å². The van der Waals surface area contributed by atoms with Crippen LogP contribution in [0.25, 0.3) is 104 Å². The van der Waals surface area contributed by atoms with Crippen LogP contribution in [0.4, 0.5) is 0 Å². The molecule has 1 aromatic heterocycles. The molecular weight excluding hydrogens is 663 g/mol. The highest BCUT2D eigenvalue weighted by Crippen LogP contribution is 2.50. The number of hydrogen-bond acceptors (Lipinski definition) is 0. The minimum atomic E-state index is 1.16. The van der Waals surface area contributed by atoms with Gasteiger partial charge >= 0.3 is 0 Å². The molecule has 0 unspecified atom stereocenters. The van der Waals surface area contributed by atoms with E-state index in [0.29, 0.717) is 0 Å². The average molecular weight is 698 g/mol. The normalized spacial score (nSPS) is 11.6. The zero-order chi connectivity index (χ0) is 36.3. The Balaban J connectivity index is 1.25. The molecule has 0 atom stereocenters. The molecule has 55 heavy (non-hydrogen) atoms. The fourth-order valence-corrected chi connectivity index (χ4v) is 8.97. The molecule has 256 valence electrons. The molecule has 1 heteroatoms. The van der Waals surface area contributed by atoms with Crippen molar-refractivity contribution in [1.29, 1.82) is 0 Å². The van der Waals surface area contributed by atoms with Crippen molar-refractivity contribution in [3.63, 3.8) is 0 Å². The van der Waals surface area contributed by atoms with Gasteiger partial charge in [0.25, 0.3) is 0 Å². The summed E-state index contributed by atoms with van der Waals surface area (Å²) in [5.41, 5.74) is 13.4. The van der Waals surface area contributed by atoms with Gasteiger partial charge in [0.1, 0.15) is 0 Å². The van der Waals surface area contributed by atoms with Gasteiger partial charge in [-0.05, 0) is 107 Å². The van der Waals surface area contributed by atoms with Gasteiger partial charge in [-0.2, -0.15) is 0 Å². The Bertz CT molecular complexity index is 3190. The van der Waals surface area contributed by atoms with E-state index >= 15 is 0 Å². The van der Waals surface area contributed by atoms with Gasteiger partial charge in [0.05, 0.1) is 11.0 Å². The molecule has 0 aliphatic heterocycles. The van der Waals surface area contributed by atoms with Crippen molar-refractivity contribution in [3.8, 4) is 50.2 Å². The first kappa shape index (κ1) is 31.3. The molecule has 0 amide bonds. The fraction of sp³-hybridized carbons (Fsp3) is 0. The van der Waals surface area contributed by atoms with E-state index in [-0.39, 0.29) is 0 Å². The van der Waals surface area contributed by atoms with Crippen molar-refractivity contribution in [2.24, 2.45) is 0 Å². The van der Waals surface area contributed by atoms with E-state index in [1.807, 2.05) is 0 Å². The van der Waals surface area contributed by atoms with E-state index in [2.05, 4.69) is 217 Å². The van der Waals surface area contributed by atoms with E-state index in [1.165, 1.54) is 98.6 Å². The maximum absolute atomic E-state index is 2.41. The van der Waals surface area contributed by atoms with E-state index in [1.54, 1.807) is 0 Å². The molecule has 0 aliphatic carbocycles. The molecule has 10 aromatic carbocycles. The lowest BCUT2D eigenvalue weighted by atomic mass is 9.81. The van der Waals surface area contributed by atoms with Gasteiger partial charge in [0.15, 0.2) is 0 Å². The Labute approximate surface area is 320 Å². The molecular formula is C54H35N. The number of para-hydroxylation sites is 2. The summed E-state index contributed by atoms with van der Waals surface area (Å²) in [6, 6.07) is 77.9. The first-order valence-electron chi connectivity index (χ1n) is 19.0. The fourth-order valence-electron chi connectivity index (χ4n) is 8.97. The molecule has 0 spiro atoms. The molecule has 0 aliphatic rings. The third kappa shape index (κ3) is 5.01. The number of aromatic nitrogens is 1. The van der Waals surface area contributed by atoms with E-state index in [0.717, 1.165) is 5.69 Å². The van der Waals surface area contributed by atoms with Crippen LogP contribution in [0.5, 0.6) is 0 Å². The predicted molar refractivity (Wildman–Crippen MR) is 235 cm³/mol. The Kier molecular flexibility index (Phi) is 7.25. The summed E-state index contributed by atoms with van der Waals surface area (Å²) in [5, 5.41) is 9.99. The minimum Gasteiger partial charge on any atom is -0.309 e. The largest absolute Gasteiger partial charge is 0.309 e. The molecule has 11 aromatic rings. The molecule has 1 heterocycles. The Morgan fingerprint density at radius 3 is 1.49 bits per heavy atom. The molecule has 0 saturated heterocycles. The number of fused-ring (bicyclic) bond motifs is 6. The third-order valence-corrected chi connectivity index (χ3v) is 11.4. The highest BCUT2D eigenvalue weighted by molar-refractivity contribution is 6.24. The number of nitrogens with zero attached hydrogens (tertiary/aromatic N) is 1. The summed E-state index contributed by atoms with van der Waals surface area (Å²) >= 11 is 0. The zero-order valence-electron chi connectivity index (χ0n) is 30.2. The second-order valence-corrected chi connectivity index (χ2v) is 14.4. The van der Waals surface area contributed by atoms with Crippen LogP contribution in [0.15, 0.2) is 212 Å². The van der Waals surface area contributed by atoms with Crippen molar-refractivity contribution in [3.05, 3.63) is 212 Å². The standard InChI is InChI=1S/C54H35N/c1-3-17-37(18-4-1)42-27-15-28-43(39-32-33-45-44-22-13-14-29-50(44)55(51(45)35-39)41-20-5-2-6-21-41)53(42)54-48-25-11-9-23-46(48)52(47-24-10-12-26-49(47)54)40-31-30-36-16-7-8-19-38(36)34-40/h1-35H. The van der Waals surface area contributed by atoms with Crippen molar-refractivity contribution < 1.29 is 0 Å². The minimum absolute atomic E-state index is 1.16. The van der Waals surface area contributed by atoms with Crippen molar-refractivity contribution >= 4 is 54.1 Å². The molecule has 0 radical (unpaired) electrons. The molecule has 0 fully saturated rings. The summed E-state index contributed by atoms with van der Waals surface area (Å²) in [6.45, 7) is 0. The van der Waals surface area contributed by atoms with Gasteiger partial charge in [-0.3, -0.25) is 0 Å². The SMILES string of the molecule is c1ccc(-c2cccc(-c3ccc4c5ccccc5n(-c5ccccc5)c4c3)c2-c2c3ccccc3c(-c3ccc4ccccc4c3)c3ccccc23)cc1. The molecule has 0 bridgehead atoms. The monoisotopic (exact) mass is 697 g/mol. The topological polar surface area (TPSA) is 4.93 Å². The van der Waals surface area contributed by atoms with E-state index in [4.69, 9.17) is 0 Å². The highest BCUT2D eigenvalue weighted by Gasteiger charge is 2.23. The van der Waals surface area contributed by atoms with E-state index in [9.17, 15) is 0 Å². The van der Waals surface area contributed by atoms with Gasteiger partial charge in [-0.25, -0.2) is 0 Å². The van der Waals surface area contributed by atoms with Crippen LogP contribution >= 0.6 is 0 Å². The number of rotatable bonds is 5. The first-order valence-corrected chi connectivity index (χ1v) is 19.0. The Hall–Kier alpha value is -7.22. The van der Waals surface area contributed by atoms with Gasteiger partial charge in [-0.15, -0.1) is 0 Å². The van der Waals surface area contributed by atoms with E-state index < -0.39 is 0 Å². The van der Waals surface area contributed by atoms with Crippen LogP contribution in [0.2, 0.25) is 0 Å². The quantitative estimate of drug-likeness (QED) is 0.158. The van der Waals surface area contributed by atoms with Gasteiger partial charge < -0.3 is 4.57 Å². The number of hydrogen-bond donors (Lipinski definition) is 0. The van der Waals surface area contributed by atoms with Crippen molar-refractivity contribution in [2.45, 2.75) is 0 Å². The molecule has 0 saturated carbocycles. The third-order valence-electron chi connectivity index (χ3n) is 11.4. The lowest BCUT2D eigenvalue weighted by Crippen LogP contribution is -1.96. The maximum Gasteiger partial charge on any atom is 0.0547 e. The predicted octanol–water partition coefficient (Wildman–Crippen LogP) is 14.9. The Morgan fingerprint density at radius 2 is 0.782 bits per heavy atom. The average Bonchev–Trinajstić information content (AvgIpc) is 3.59. The molecule has 11 rings (SSSR count). The van der Waals surface area contributed by atoms with Gasteiger partial charge in [-0.1, -0.05) is 182 Å².